The number of anilines is 2. The first kappa shape index (κ1) is 21.8. The predicted octanol–water partition coefficient (Wildman–Crippen LogP) is 1.64. The van der Waals surface area contributed by atoms with E-state index in [1.807, 2.05) is 50.2 Å². The molecule has 0 aliphatic carbocycles. The molecule has 1 aromatic carbocycles. The number of hydrogen-bond acceptors (Lipinski definition) is 6. The van der Waals surface area contributed by atoms with Gasteiger partial charge in [-0.1, -0.05) is 30.3 Å². The maximum atomic E-state index is 13.1. The maximum Gasteiger partial charge on any atom is 0.330 e. The van der Waals surface area contributed by atoms with Crippen molar-refractivity contribution in [2.24, 2.45) is 0 Å². The second kappa shape index (κ2) is 8.58. The molecule has 1 amide bonds. The van der Waals surface area contributed by atoms with Gasteiger partial charge in [-0.25, -0.2) is 14.5 Å². The number of carbonyl (C=O) groups excluding carboxylic acids is 1. The largest absolute Gasteiger partial charge is 0.383 e. The molecule has 0 aliphatic heterocycles. The number of carbonyl (C=O) groups is 1. The van der Waals surface area contributed by atoms with Gasteiger partial charge in [-0.15, -0.1) is 0 Å². The summed E-state index contributed by atoms with van der Waals surface area (Å²) in [5.41, 5.74) is 7.52. The van der Waals surface area contributed by atoms with Crippen molar-refractivity contribution in [2.75, 3.05) is 17.7 Å². The predicted molar refractivity (Wildman–Crippen MR) is 125 cm³/mol. The molecule has 3 aromatic heterocycles. The number of amides is 1. The van der Waals surface area contributed by atoms with E-state index in [2.05, 4.69) is 15.1 Å². The van der Waals surface area contributed by atoms with Crippen molar-refractivity contribution in [3.8, 4) is 5.82 Å². The molecule has 0 bridgehead atoms. The van der Waals surface area contributed by atoms with Crippen LogP contribution < -0.4 is 21.9 Å². The Kier molecular flexibility index (Phi) is 5.65. The smallest absolute Gasteiger partial charge is 0.330 e. The third kappa shape index (κ3) is 4.18. The molecule has 10 nitrogen and oxygen atoms in total. The summed E-state index contributed by atoms with van der Waals surface area (Å²) in [4.78, 5) is 45.7. The van der Waals surface area contributed by atoms with Gasteiger partial charge in [0.15, 0.2) is 11.5 Å². The fourth-order valence-electron chi connectivity index (χ4n) is 3.62. The first-order valence-corrected chi connectivity index (χ1v) is 10.2. The fourth-order valence-corrected chi connectivity index (χ4v) is 3.62. The third-order valence-corrected chi connectivity index (χ3v) is 5.26. The lowest BCUT2D eigenvalue weighted by molar-refractivity contribution is 0.0992. The van der Waals surface area contributed by atoms with E-state index in [1.54, 1.807) is 16.8 Å². The number of rotatable bonds is 5. The summed E-state index contributed by atoms with van der Waals surface area (Å²) in [6.07, 6.45) is 1.41. The summed E-state index contributed by atoms with van der Waals surface area (Å²) in [6.45, 7) is 3.94. The fraction of sp³-hybridized carbons (Fsp3) is 0.174. The number of nitrogens with zero attached hydrogens (tertiary/aromatic N) is 5. The van der Waals surface area contributed by atoms with E-state index in [-0.39, 0.29) is 23.6 Å². The molecule has 0 atom stereocenters. The number of hydrogen-bond donors (Lipinski definition) is 2. The molecule has 4 rings (SSSR count). The first-order valence-electron chi connectivity index (χ1n) is 10.2. The van der Waals surface area contributed by atoms with Gasteiger partial charge in [0.2, 0.25) is 0 Å². The monoisotopic (exact) mass is 445 g/mol. The molecule has 0 radical (unpaired) electrons. The lowest BCUT2D eigenvalue weighted by Gasteiger charge is -2.20. The van der Waals surface area contributed by atoms with Crippen molar-refractivity contribution in [3.63, 3.8) is 0 Å². The summed E-state index contributed by atoms with van der Waals surface area (Å²) in [6, 6.07) is 14.4. The number of aromatic amines is 1. The van der Waals surface area contributed by atoms with Crippen LogP contribution in [0.3, 0.4) is 0 Å². The molecule has 0 saturated carbocycles. The van der Waals surface area contributed by atoms with Crippen molar-refractivity contribution >= 4 is 17.4 Å². The van der Waals surface area contributed by atoms with Gasteiger partial charge in [-0.2, -0.15) is 5.10 Å². The van der Waals surface area contributed by atoms with Crippen LogP contribution in [0.4, 0.5) is 11.5 Å². The average molecular weight is 445 g/mol. The van der Waals surface area contributed by atoms with E-state index in [1.165, 1.54) is 17.8 Å². The Balaban J connectivity index is 1.66. The summed E-state index contributed by atoms with van der Waals surface area (Å²) in [5.74, 6) is -0.0335. The number of nitrogens with one attached hydrogen (secondary N) is 1. The number of nitrogens with two attached hydrogens (primary N) is 1. The van der Waals surface area contributed by atoms with E-state index in [0.717, 1.165) is 21.9 Å². The zero-order chi connectivity index (χ0) is 23.7. The van der Waals surface area contributed by atoms with Crippen LogP contribution in [0.5, 0.6) is 0 Å². The van der Waals surface area contributed by atoms with Gasteiger partial charge in [0.05, 0.1) is 17.8 Å². The summed E-state index contributed by atoms with van der Waals surface area (Å²) >= 11 is 0. The molecule has 10 heteroatoms. The van der Waals surface area contributed by atoms with Gasteiger partial charge in [-0.05, 0) is 37.6 Å². The second-order valence-electron chi connectivity index (χ2n) is 7.67. The molecular formula is C23H23N7O3. The van der Waals surface area contributed by atoms with Crippen LogP contribution in [0.1, 0.15) is 27.3 Å². The van der Waals surface area contributed by atoms with E-state index in [4.69, 9.17) is 5.73 Å². The number of H-pyrrole nitrogens is 1. The van der Waals surface area contributed by atoms with Crippen molar-refractivity contribution in [3.05, 3.63) is 98.1 Å². The molecule has 0 fully saturated rings. The highest BCUT2D eigenvalue weighted by atomic mass is 16.2. The lowest BCUT2D eigenvalue weighted by Crippen LogP contribution is -2.39. The van der Waals surface area contributed by atoms with Crippen molar-refractivity contribution in [1.29, 1.82) is 0 Å². The summed E-state index contributed by atoms with van der Waals surface area (Å²) in [7, 11) is 1.43. The van der Waals surface area contributed by atoms with Crippen LogP contribution in [-0.4, -0.2) is 37.3 Å². The SMILES string of the molecule is Cc1cc(C)n(-c2ccc(C(=O)N(C)c3c(N)n(Cc4ccccc4)c(=O)[nH]c3=O)cn2)n1. The van der Waals surface area contributed by atoms with E-state index < -0.39 is 17.2 Å². The molecule has 0 unspecified atom stereocenters. The first-order chi connectivity index (χ1) is 15.8. The minimum absolute atomic E-state index is 0.101. The van der Waals surface area contributed by atoms with E-state index in [0.29, 0.717) is 5.82 Å². The number of aromatic nitrogens is 5. The number of aryl methyl sites for hydroxylation is 2. The van der Waals surface area contributed by atoms with Crippen LogP contribution in [-0.2, 0) is 6.54 Å². The second-order valence-corrected chi connectivity index (χ2v) is 7.67. The van der Waals surface area contributed by atoms with Crippen molar-refractivity contribution in [1.82, 2.24) is 24.3 Å². The summed E-state index contributed by atoms with van der Waals surface area (Å²) in [5, 5.41) is 4.38. The summed E-state index contributed by atoms with van der Waals surface area (Å²) < 4.78 is 2.90. The van der Waals surface area contributed by atoms with Crippen LogP contribution in [0.25, 0.3) is 5.82 Å². The molecule has 33 heavy (non-hydrogen) atoms. The molecule has 0 saturated heterocycles. The maximum absolute atomic E-state index is 13.1. The van der Waals surface area contributed by atoms with Crippen molar-refractivity contribution < 1.29 is 4.79 Å². The molecule has 0 aliphatic rings. The van der Waals surface area contributed by atoms with Gasteiger partial charge in [-0.3, -0.25) is 19.1 Å². The highest BCUT2D eigenvalue weighted by Crippen LogP contribution is 2.19. The van der Waals surface area contributed by atoms with Gasteiger partial charge in [0, 0.05) is 18.9 Å². The number of benzene rings is 1. The molecule has 3 N–H and O–H groups in total. The van der Waals surface area contributed by atoms with Gasteiger partial charge >= 0.3 is 5.69 Å². The average Bonchev–Trinajstić information content (AvgIpc) is 3.14. The highest BCUT2D eigenvalue weighted by molar-refractivity contribution is 6.06. The normalized spacial score (nSPS) is 10.9. The van der Waals surface area contributed by atoms with Crippen molar-refractivity contribution in [2.45, 2.75) is 20.4 Å². The van der Waals surface area contributed by atoms with Gasteiger partial charge < -0.3 is 10.6 Å². The van der Waals surface area contributed by atoms with E-state index >= 15 is 0 Å². The van der Waals surface area contributed by atoms with Crippen LogP contribution in [0.2, 0.25) is 0 Å². The highest BCUT2D eigenvalue weighted by Gasteiger charge is 2.22. The molecule has 168 valence electrons. The minimum atomic E-state index is -0.745. The van der Waals surface area contributed by atoms with Gasteiger partial charge in [0.1, 0.15) is 5.82 Å². The Morgan fingerprint density at radius 1 is 1.12 bits per heavy atom. The molecule has 0 spiro atoms. The topological polar surface area (TPSA) is 132 Å². The Morgan fingerprint density at radius 3 is 2.45 bits per heavy atom. The third-order valence-electron chi connectivity index (χ3n) is 5.26. The quantitative estimate of drug-likeness (QED) is 0.480. The number of pyridine rings is 1. The molecular weight excluding hydrogens is 422 g/mol. The zero-order valence-electron chi connectivity index (χ0n) is 18.4. The van der Waals surface area contributed by atoms with Gasteiger partial charge in [0.25, 0.3) is 11.5 Å². The van der Waals surface area contributed by atoms with Crippen LogP contribution >= 0.6 is 0 Å². The minimum Gasteiger partial charge on any atom is -0.383 e. The zero-order valence-corrected chi connectivity index (χ0v) is 18.4. The molecule has 3 heterocycles. The van der Waals surface area contributed by atoms with Crippen LogP contribution in [0.15, 0.2) is 64.3 Å². The Labute approximate surface area is 188 Å². The van der Waals surface area contributed by atoms with E-state index in [9.17, 15) is 14.4 Å². The van der Waals surface area contributed by atoms with Crippen LogP contribution in [0, 0.1) is 13.8 Å². The Bertz CT molecular complexity index is 1430. The lowest BCUT2D eigenvalue weighted by atomic mass is 10.2. The molecule has 4 aromatic rings. The number of nitrogen functional groups attached to an aromatic ring is 1. The Hall–Kier alpha value is -4.47. The standard InChI is InChI=1S/C23H23N7O3/c1-14-11-15(2)30(27-14)18-10-9-17(12-25-18)22(32)28(3)19-20(24)29(23(33)26-21(19)31)13-16-7-5-4-6-8-16/h4-12H,13,24H2,1-3H3,(H,26,31,33). The Morgan fingerprint density at radius 2 is 1.85 bits per heavy atom.